The highest BCUT2D eigenvalue weighted by Gasteiger charge is 2.24. The lowest BCUT2D eigenvalue weighted by molar-refractivity contribution is -0.126. The van der Waals surface area contributed by atoms with Crippen molar-refractivity contribution in [2.45, 2.75) is 39.2 Å². The van der Waals surface area contributed by atoms with Gasteiger partial charge in [0.1, 0.15) is 11.3 Å². The van der Waals surface area contributed by atoms with Crippen molar-refractivity contribution in [2.75, 3.05) is 7.11 Å². The Morgan fingerprint density at radius 2 is 2.14 bits per heavy atom. The number of benzene rings is 1. The van der Waals surface area contributed by atoms with Gasteiger partial charge in [-0.15, -0.1) is 0 Å². The van der Waals surface area contributed by atoms with E-state index in [1.807, 2.05) is 0 Å². The summed E-state index contributed by atoms with van der Waals surface area (Å²) in [6.45, 7) is 2.52. The van der Waals surface area contributed by atoms with Gasteiger partial charge in [-0.05, 0) is 36.5 Å². The monoisotopic (exact) mass is 305 g/mol. The second-order valence-electron chi connectivity index (χ2n) is 6.03. The average Bonchev–Trinajstić information content (AvgIpc) is 2.52. The number of carboxylic acid groups (broad SMARTS) is 1. The second-order valence-corrected chi connectivity index (χ2v) is 6.03. The largest absolute Gasteiger partial charge is 0.496 e. The molecule has 0 unspecified atom stereocenters. The van der Waals surface area contributed by atoms with Gasteiger partial charge in [0.2, 0.25) is 5.91 Å². The molecule has 0 saturated heterocycles. The van der Waals surface area contributed by atoms with Gasteiger partial charge in [-0.3, -0.25) is 4.79 Å². The van der Waals surface area contributed by atoms with Crippen LogP contribution in [0.5, 0.6) is 5.75 Å². The molecular weight excluding hydrogens is 282 g/mol. The molecule has 5 nitrogen and oxygen atoms in total. The molecule has 1 aromatic rings. The van der Waals surface area contributed by atoms with Gasteiger partial charge in [0.15, 0.2) is 0 Å². The Kier molecular flexibility index (Phi) is 5.41. The van der Waals surface area contributed by atoms with E-state index in [0.29, 0.717) is 18.2 Å². The van der Waals surface area contributed by atoms with Crippen molar-refractivity contribution < 1.29 is 19.4 Å². The molecular formula is C17H23NO4. The van der Waals surface area contributed by atoms with Crippen LogP contribution in [0.15, 0.2) is 18.2 Å². The van der Waals surface area contributed by atoms with Gasteiger partial charge >= 0.3 is 5.97 Å². The van der Waals surface area contributed by atoms with E-state index in [0.717, 1.165) is 24.8 Å². The van der Waals surface area contributed by atoms with Crippen molar-refractivity contribution in [3.05, 3.63) is 29.3 Å². The summed E-state index contributed by atoms with van der Waals surface area (Å²) in [5.41, 5.74) is 0.871. The summed E-state index contributed by atoms with van der Waals surface area (Å²) in [5.74, 6) is 0.0408. The normalized spacial score (nSPS) is 21.2. The van der Waals surface area contributed by atoms with E-state index in [9.17, 15) is 9.59 Å². The highest BCUT2D eigenvalue weighted by molar-refractivity contribution is 5.91. The molecule has 2 atom stereocenters. The number of carbonyl (C=O) groups excluding carboxylic acids is 1. The lowest BCUT2D eigenvalue weighted by Crippen LogP contribution is -2.33. The van der Waals surface area contributed by atoms with E-state index in [1.165, 1.54) is 13.5 Å². The molecule has 1 aromatic carbocycles. The first-order chi connectivity index (χ1) is 10.5. The molecule has 1 aliphatic rings. The average molecular weight is 305 g/mol. The number of hydrogen-bond acceptors (Lipinski definition) is 3. The number of hydrogen-bond donors (Lipinski definition) is 2. The minimum absolute atomic E-state index is 0.0687. The Morgan fingerprint density at radius 3 is 2.77 bits per heavy atom. The van der Waals surface area contributed by atoms with Crippen molar-refractivity contribution >= 4 is 11.9 Å². The van der Waals surface area contributed by atoms with E-state index in [4.69, 9.17) is 9.84 Å². The number of rotatable bonds is 5. The molecule has 1 aliphatic carbocycles. The van der Waals surface area contributed by atoms with Crippen LogP contribution in [0.25, 0.3) is 0 Å². The third-order valence-electron chi connectivity index (χ3n) is 4.27. The Hall–Kier alpha value is -2.04. The number of nitrogens with one attached hydrogen (secondary N) is 1. The third kappa shape index (κ3) is 4.00. The fraction of sp³-hybridized carbons (Fsp3) is 0.529. The zero-order chi connectivity index (χ0) is 16.1. The highest BCUT2D eigenvalue weighted by Crippen LogP contribution is 2.28. The fourth-order valence-electron chi connectivity index (χ4n) is 3.04. The summed E-state index contributed by atoms with van der Waals surface area (Å²) in [7, 11) is 1.44. The van der Waals surface area contributed by atoms with Gasteiger partial charge in [0, 0.05) is 12.5 Å². The first kappa shape index (κ1) is 16.3. The first-order valence-electron chi connectivity index (χ1n) is 7.69. The molecule has 2 rings (SSSR count). The molecule has 0 bridgehead atoms. The van der Waals surface area contributed by atoms with Crippen LogP contribution in [0.1, 0.15) is 48.5 Å². The molecule has 1 fully saturated rings. The van der Waals surface area contributed by atoms with Gasteiger partial charge < -0.3 is 15.2 Å². The Balaban J connectivity index is 1.97. The summed E-state index contributed by atoms with van der Waals surface area (Å²) in [6.07, 6.45) is 4.18. The molecule has 120 valence electrons. The molecule has 1 amide bonds. The molecule has 1 saturated carbocycles. The minimum Gasteiger partial charge on any atom is -0.496 e. The van der Waals surface area contributed by atoms with Crippen LogP contribution in [0.2, 0.25) is 0 Å². The maximum absolute atomic E-state index is 12.2. The molecule has 5 heteroatoms. The Bertz CT molecular complexity index is 556. The van der Waals surface area contributed by atoms with E-state index >= 15 is 0 Å². The SMILES string of the molecule is COc1ccc(CNC(=O)[C@H]2CCC[C@H](C)C2)cc1C(=O)O. The quantitative estimate of drug-likeness (QED) is 0.877. The van der Waals surface area contributed by atoms with Gasteiger partial charge in [-0.1, -0.05) is 25.8 Å². The van der Waals surface area contributed by atoms with Gasteiger partial charge in [-0.2, -0.15) is 0 Å². The van der Waals surface area contributed by atoms with Crippen LogP contribution < -0.4 is 10.1 Å². The van der Waals surface area contributed by atoms with Crippen molar-refractivity contribution in [3.8, 4) is 5.75 Å². The van der Waals surface area contributed by atoms with Gasteiger partial charge in [0.25, 0.3) is 0 Å². The van der Waals surface area contributed by atoms with Crippen LogP contribution in [0.4, 0.5) is 0 Å². The Labute approximate surface area is 130 Å². The zero-order valence-electron chi connectivity index (χ0n) is 13.1. The van der Waals surface area contributed by atoms with Crippen LogP contribution in [-0.4, -0.2) is 24.1 Å². The van der Waals surface area contributed by atoms with Crippen molar-refractivity contribution in [3.63, 3.8) is 0 Å². The predicted molar refractivity (Wildman–Crippen MR) is 82.9 cm³/mol. The number of amides is 1. The lowest BCUT2D eigenvalue weighted by atomic mass is 9.82. The lowest BCUT2D eigenvalue weighted by Gasteiger charge is -2.25. The topological polar surface area (TPSA) is 75.6 Å². The van der Waals surface area contributed by atoms with E-state index in [-0.39, 0.29) is 17.4 Å². The summed E-state index contributed by atoms with van der Waals surface area (Å²) < 4.78 is 5.03. The van der Waals surface area contributed by atoms with Crippen LogP contribution in [-0.2, 0) is 11.3 Å². The predicted octanol–water partition coefficient (Wildman–Crippen LogP) is 2.84. The molecule has 0 aromatic heterocycles. The summed E-state index contributed by atoms with van der Waals surface area (Å²) >= 11 is 0. The minimum atomic E-state index is -1.04. The Morgan fingerprint density at radius 1 is 1.36 bits per heavy atom. The molecule has 0 radical (unpaired) electrons. The number of ether oxygens (including phenoxy) is 1. The number of carbonyl (C=O) groups is 2. The summed E-state index contributed by atoms with van der Waals surface area (Å²) in [4.78, 5) is 23.4. The van der Waals surface area contributed by atoms with E-state index < -0.39 is 5.97 Å². The molecule has 2 N–H and O–H groups in total. The van der Waals surface area contributed by atoms with Crippen LogP contribution in [0, 0.1) is 11.8 Å². The second kappa shape index (κ2) is 7.29. The van der Waals surface area contributed by atoms with Gasteiger partial charge in [0.05, 0.1) is 7.11 Å². The van der Waals surface area contributed by atoms with Crippen LogP contribution in [0.3, 0.4) is 0 Å². The molecule has 0 aliphatic heterocycles. The molecule has 22 heavy (non-hydrogen) atoms. The fourth-order valence-corrected chi connectivity index (χ4v) is 3.04. The maximum Gasteiger partial charge on any atom is 0.339 e. The summed E-state index contributed by atoms with van der Waals surface area (Å²) in [5, 5.41) is 12.1. The van der Waals surface area contributed by atoms with Crippen molar-refractivity contribution in [1.29, 1.82) is 0 Å². The standard InChI is InChI=1S/C17H23NO4/c1-11-4-3-5-13(8-11)16(19)18-10-12-6-7-15(22-2)14(9-12)17(20)21/h6-7,9,11,13H,3-5,8,10H2,1-2H3,(H,18,19)(H,20,21)/t11-,13-/m0/s1. The number of methoxy groups -OCH3 is 1. The van der Waals surface area contributed by atoms with Crippen LogP contribution >= 0.6 is 0 Å². The van der Waals surface area contributed by atoms with E-state index in [2.05, 4.69) is 12.2 Å². The first-order valence-corrected chi connectivity index (χ1v) is 7.69. The highest BCUT2D eigenvalue weighted by atomic mass is 16.5. The smallest absolute Gasteiger partial charge is 0.339 e. The van der Waals surface area contributed by atoms with Crippen molar-refractivity contribution in [2.24, 2.45) is 11.8 Å². The molecule has 0 heterocycles. The van der Waals surface area contributed by atoms with E-state index in [1.54, 1.807) is 18.2 Å². The van der Waals surface area contributed by atoms with Crippen molar-refractivity contribution in [1.82, 2.24) is 5.32 Å². The number of aromatic carboxylic acids is 1. The van der Waals surface area contributed by atoms with Gasteiger partial charge in [-0.25, -0.2) is 4.79 Å². The maximum atomic E-state index is 12.2. The summed E-state index contributed by atoms with van der Waals surface area (Å²) in [6, 6.07) is 4.94. The number of carboxylic acids is 1. The third-order valence-corrected chi connectivity index (χ3v) is 4.27. The zero-order valence-corrected chi connectivity index (χ0v) is 13.1. The molecule has 0 spiro atoms.